The van der Waals surface area contributed by atoms with Gasteiger partial charge in [-0.1, -0.05) is 6.07 Å². The number of fused-ring (bicyclic) bond motifs is 1. The van der Waals surface area contributed by atoms with E-state index in [1.165, 1.54) is 25.0 Å². The van der Waals surface area contributed by atoms with Crippen LogP contribution in [0.1, 0.15) is 47.2 Å². The Morgan fingerprint density at radius 1 is 1.14 bits per heavy atom. The van der Waals surface area contributed by atoms with Crippen LogP contribution in [0.2, 0.25) is 0 Å². The number of hydrogen-bond donors (Lipinski definition) is 1. The Morgan fingerprint density at radius 3 is 2.63 bits per heavy atom. The van der Waals surface area contributed by atoms with E-state index in [4.69, 9.17) is 4.74 Å². The first-order chi connectivity index (χ1) is 16.7. The lowest BCUT2D eigenvalue weighted by atomic mass is 10.1. The van der Waals surface area contributed by atoms with Crippen molar-refractivity contribution < 1.29 is 27.1 Å². The number of anilines is 1. The first-order valence-electron chi connectivity index (χ1n) is 11.6. The molecule has 1 aliphatic rings. The minimum absolute atomic E-state index is 0.0667. The van der Waals surface area contributed by atoms with Gasteiger partial charge in [-0.15, -0.1) is 0 Å². The molecular formula is C26H27F4N3O2. The number of ether oxygens (including phenoxy) is 1. The van der Waals surface area contributed by atoms with Crippen LogP contribution in [-0.2, 0) is 6.54 Å². The number of aromatic nitrogens is 1. The van der Waals surface area contributed by atoms with E-state index in [-0.39, 0.29) is 24.3 Å². The van der Waals surface area contributed by atoms with E-state index < -0.39 is 24.3 Å². The van der Waals surface area contributed by atoms with E-state index in [0.29, 0.717) is 5.69 Å². The number of carbonyl (C=O) groups is 1. The maximum atomic E-state index is 14.5. The third-order valence-electron chi connectivity index (χ3n) is 6.07. The van der Waals surface area contributed by atoms with Crippen LogP contribution in [0.4, 0.5) is 23.2 Å². The van der Waals surface area contributed by atoms with Gasteiger partial charge in [-0.25, -0.2) is 4.39 Å². The van der Waals surface area contributed by atoms with Gasteiger partial charge in [0.2, 0.25) is 0 Å². The number of aryl methyl sites for hydroxylation is 1. The summed E-state index contributed by atoms with van der Waals surface area (Å²) < 4.78 is 56.3. The molecule has 35 heavy (non-hydrogen) atoms. The minimum atomic E-state index is -4.26. The third kappa shape index (κ3) is 6.48. The molecule has 0 bridgehead atoms. The molecule has 0 aliphatic carbocycles. The lowest BCUT2D eigenvalue weighted by Crippen LogP contribution is -2.18. The molecule has 0 unspecified atom stereocenters. The Kier molecular flexibility index (Phi) is 7.54. The molecular weight excluding hydrogens is 462 g/mol. The van der Waals surface area contributed by atoms with Gasteiger partial charge in [-0.05, 0) is 74.7 Å². The van der Waals surface area contributed by atoms with Crippen molar-refractivity contribution in [1.29, 1.82) is 0 Å². The number of halogens is 4. The summed E-state index contributed by atoms with van der Waals surface area (Å²) >= 11 is 0. The lowest BCUT2D eigenvalue weighted by molar-refractivity contribution is -0.136. The number of alkyl halides is 3. The Labute approximate surface area is 201 Å². The van der Waals surface area contributed by atoms with Crippen molar-refractivity contribution in [3.05, 3.63) is 65.1 Å². The normalized spacial score (nSPS) is 14.4. The fraction of sp³-hybridized carbons (Fsp3) is 0.385. The summed E-state index contributed by atoms with van der Waals surface area (Å²) in [6, 6.07) is 9.37. The molecule has 2 aromatic carbocycles. The van der Waals surface area contributed by atoms with Gasteiger partial charge >= 0.3 is 6.18 Å². The molecule has 1 N–H and O–H groups in total. The molecule has 0 saturated carbocycles. The van der Waals surface area contributed by atoms with Crippen LogP contribution in [0, 0.1) is 12.7 Å². The first-order valence-corrected chi connectivity index (χ1v) is 11.6. The largest absolute Gasteiger partial charge is 0.493 e. The second-order valence-corrected chi connectivity index (χ2v) is 8.80. The van der Waals surface area contributed by atoms with Gasteiger partial charge in [-0.2, -0.15) is 13.2 Å². The van der Waals surface area contributed by atoms with Crippen LogP contribution in [0.3, 0.4) is 0 Å². The molecule has 186 valence electrons. The van der Waals surface area contributed by atoms with Crippen molar-refractivity contribution >= 4 is 22.5 Å². The first kappa shape index (κ1) is 24.9. The molecule has 2 heterocycles. The number of amides is 1. The van der Waals surface area contributed by atoms with Crippen LogP contribution >= 0.6 is 0 Å². The quantitative estimate of drug-likeness (QED) is 0.300. The zero-order valence-electron chi connectivity index (χ0n) is 19.4. The highest BCUT2D eigenvalue weighted by molar-refractivity contribution is 6.06. The third-order valence-corrected chi connectivity index (χ3v) is 6.07. The number of carbonyl (C=O) groups excluding carboxylic acids is 1. The summed E-state index contributed by atoms with van der Waals surface area (Å²) in [5.41, 5.74) is 3.00. The Morgan fingerprint density at radius 2 is 1.91 bits per heavy atom. The predicted molar refractivity (Wildman–Crippen MR) is 126 cm³/mol. The number of pyridine rings is 1. The van der Waals surface area contributed by atoms with Gasteiger partial charge in [-0.3, -0.25) is 14.7 Å². The summed E-state index contributed by atoms with van der Waals surface area (Å²) in [5.74, 6) is -1.39. The summed E-state index contributed by atoms with van der Waals surface area (Å²) in [4.78, 5) is 19.7. The molecule has 1 saturated heterocycles. The van der Waals surface area contributed by atoms with Gasteiger partial charge in [0.1, 0.15) is 11.6 Å². The summed E-state index contributed by atoms with van der Waals surface area (Å²) in [6.45, 7) is 4.71. The van der Waals surface area contributed by atoms with E-state index in [0.717, 1.165) is 47.7 Å². The highest BCUT2D eigenvalue weighted by Gasteiger charge is 2.26. The number of likely N-dealkylation sites (tertiary alicyclic amines) is 1. The Balaban J connectivity index is 1.41. The van der Waals surface area contributed by atoms with Crippen LogP contribution in [0.15, 0.2) is 42.6 Å². The van der Waals surface area contributed by atoms with Crippen molar-refractivity contribution in [3.63, 3.8) is 0 Å². The predicted octanol–water partition coefficient (Wildman–Crippen LogP) is 6.25. The maximum Gasteiger partial charge on any atom is 0.389 e. The number of nitrogens with zero attached hydrogens (tertiary/aromatic N) is 2. The molecule has 1 aromatic heterocycles. The molecule has 9 heteroatoms. The monoisotopic (exact) mass is 489 g/mol. The molecule has 0 atom stereocenters. The molecule has 5 nitrogen and oxygen atoms in total. The van der Waals surface area contributed by atoms with E-state index in [1.807, 2.05) is 19.2 Å². The van der Waals surface area contributed by atoms with E-state index >= 15 is 0 Å². The second kappa shape index (κ2) is 10.6. The molecule has 0 radical (unpaired) electrons. The number of nitrogens with one attached hydrogen (secondary N) is 1. The van der Waals surface area contributed by atoms with Crippen LogP contribution in [0.25, 0.3) is 10.9 Å². The van der Waals surface area contributed by atoms with Gasteiger partial charge < -0.3 is 10.1 Å². The minimum Gasteiger partial charge on any atom is -0.493 e. The maximum absolute atomic E-state index is 14.5. The molecule has 4 rings (SSSR count). The van der Waals surface area contributed by atoms with Crippen molar-refractivity contribution in [2.75, 3.05) is 25.0 Å². The zero-order valence-corrected chi connectivity index (χ0v) is 19.4. The van der Waals surface area contributed by atoms with Crippen LogP contribution in [-0.4, -0.2) is 41.7 Å². The SMILES string of the molecule is Cc1c(NC(=O)c2ccc(OCCCC(F)(F)F)cc2F)ccc2cc(CN3CCCC3)cnc12. The van der Waals surface area contributed by atoms with E-state index in [1.54, 1.807) is 6.07 Å². The lowest BCUT2D eigenvalue weighted by Gasteiger charge is -2.16. The fourth-order valence-electron chi connectivity index (χ4n) is 4.24. The van der Waals surface area contributed by atoms with Gasteiger partial charge in [0.05, 0.1) is 17.7 Å². The van der Waals surface area contributed by atoms with Crippen molar-refractivity contribution in [3.8, 4) is 5.75 Å². The Hall–Kier alpha value is -3.20. The highest BCUT2D eigenvalue weighted by Crippen LogP contribution is 2.27. The average Bonchev–Trinajstić information content (AvgIpc) is 3.31. The van der Waals surface area contributed by atoms with Crippen molar-refractivity contribution in [1.82, 2.24) is 9.88 Å². The number of rotatable bonds is 8. The van der Waals surface area contributed by atoms with Gasteiger partial charge in [0.25, 0.3) is 5.91 Å². The standard InChI is InChI=1S/C26H27F4N3O2/c1-17-23(8-5-19-13-18(15-31-24(17)19)16-33-10-2-3-11-33)32-25(34)21-7-6-20(14-22(21)27)35-12-4-9-26(28,29)30/h5-8,13-15H,2-4,9-12,16H2,1H3,(H,32,34). The van der Waals surface area contributed by atoms with Gasteiger partial charge in [0, 0.05) is 36.3 Å². The topological polar surface area (TPSA) is 54.5 Å². The molecule has 3 aromatic rings. The van der Waals surface area contributed by atoms with E-state index in [9.17, 15) is 22.4 Å². The van der Waals surface area contributed by atoms with Crippen molar-refractivity contribution in [2.24, 2.45) is 0 Å². The zero-order chi connectivity index (χ0) is 25.0. The highest BCUT2D eigenvalue weighted by atomic mass is 19.4. The number of hydrogen-bond acceptors (Lipinski definition) is 4. The fourth-order valence-corrected chi connectivity index (χ4v) is 4.24. The smallest absolute Gasteiger partial charge is 0.389 e. The summed E-state index contributed by atoms with van der Waals surface area (Å²) in [5, 5.41) is 3.70. The molecule has 1 fully saturated rings. The Bertz CT molecular complexity index is 1210. The van der Waals surface area contributed by atoms with Crippen LogP contribution < -0.4 is 10.1 Å². The van der Waals surface area contributed by atoms with Gasteiger partial charge in [0.15, 0.2) is 0 Å². The van der Waals surface area contributed by atoms with Crippen molar-refractivity contribution in [2.45, 2.75) is 45.3 Å². The summed E-state index contributed by atoms with van der Waals surface area (Å²) in [7, 11) is 0. The van der Waals surface area contributed by atoms with Crippen LogP contribution in [0.5, 0.6) is 5.75 Å². The number of benzene rings is 2. The van der Waals surface area contributed by atoms with E-state index in [2.05, 4.69) is 21.3 Å². The second-order valence-electron chi connectivity index (χ2n) is 8.80. The molecule has 1 amide bonds. The molecule has 0 spiro atoms. The summed E-state index contributed by atoms with van der Waals surface area (Å²) in [6.07, 6.45) is -1.17. The average molecular weight is 490 g/mol. The molecule has 1 aliphatic heterocycles.